The van der Waals surface area contributed by atoms with Gasteiger partial charge in [0.25, 0.3) is 0 Å². The van der Waals surface area contributed by atoms with Crippen LogP contribution in [0.1, 0.15) is 71.1 Å². The van der Waals surface area contributed by atoms with Crippen LogP contribution in [0.2, 0.25) is 0 Å². The van der Waals surface area contributed by atoms with E-state index in [1.165, 1.54) is 64.9 Å². The molecule has 0 aromatic rings. The molecule has 0 aliphatic carbocycles. The monoisotopic (exact) mass is 346 g/mol. The van der Waals surface area contributed by atoms with E-state index in [0.29, 0.717) is 26.4 Å². The molecule has 0 saturated heterocycles. The molecule has 0 bridgehead atoms. The summed E-state index contributed by atoms with van der Waals surface area (Å²) in [4.78, 5) is 10.8. The minimum Gasteiger partial charge on any atom is -0.467 e. The first-order valence-electron chi connectivity index (χ1n) is 9.61. The SMILES string of the molecule is CCCCCCCCCCCCOCCOCCOCC(=O)OC. The number of methoxy groups -OCH3 is 1. The highest BCUT2D eigenvalue weighted by Crippen LogP contribution is 2.10. The molecule has 144 valence electrons. The molecule has 0 saturated carbocycles. The van der Waals surface area contributed by atoms with Crippen molar-refractivity contribution in [3.8, 4) is 0 Å². The fraction of sp³-hybridized carbons (Fsp3) is 0.947. The normalized spacial score (nSPS) is 10.9. The molecule has 0 radical (unpaired) electrons. The van der Waals surface area contributed by atoms with E-state index in [9.17, 15) is 4.79 Å². The minimum atomic E-state index is -0.366. The van der Waals surface area contributed by atoms with Crippen molar-refractivity contribution in [2.45, 2.75) is 71.1 Å². The lowest BCUT2D eigenvalue weighted by molar-refractivity contribution is -0.146. The summed E-state index contributed by atoms with van der Waals surface area (Å²) < 4.78 is 20.4. The van der Waals surface area contributed by atoms with Crippen molar-refractivity contribution >= 4 is 5.97 Å². The van der Waals surface area contributed by atoms with Crippen LogP contribution < -0.4 is 0 Å². The highest BCUT2D eigenvalue weighted by molar-refractivity contribution is 5.70. The molecular weight excluding hydrogens is 308 g/mol. The Bertz CT molecular complexity index is 258. The van der Waals surface area contributed by atoms with Gasteiger partial charge in [-0.3, -0.25) is 0 Å². The fourth-order valence-electron chi connectivity index (χ4n) is 2.35. The number of carbonyl (C=O) groups is 1. The van der Waals surface area contributed by atoms with Gasteiger partial charge in [-0.1, -0.05) is 64.7 Å². The molecule has 0 aromatic carbocycles. The quantitative estimate of drug-likeness (QED) is 0.260. The summed E-state index contributed by atoms with van der Waals surface area (Å²) in [6, 6.07) is 0. The largest absolute Gasteiger partial charge is 0.467 e. The van der Waals surface area contributed by atoms with Gasteiger partial charge in [-0.15, -0.1) is 0 Å². The Labute approximate surface area is 148 Å². The maximum Gasteiger partial charge on any atom is 0.331 e. The van der Waals surface area contributed by atoms with Gasteiger partial charge in [-0.25, -0.2) is 4.79 Å². The molecule has 0 atom stereocenters. The number of ether oxygens (including phenoxy) is 4. The number of rotatable bonds is 19. The topological polar surface area (TPSA) is 54.0 Å². The summed E-state index contributed by atoms with van der Waals surface area (Å²) in [6.45, 7) is 5.12. The Morgan fingerprint density at radius 2 is 1.08 bits per heavy atom. The molecule has 5 heteroatoms. The molecule has 0 fully saturated rings. The first kappa shape index (κ1) is 23.4. The van der Waals surface area contributed by atoms with Gasteiger partial charge < -0.3 is 18.9 Å². The highest BCUT2D eigenvalue weighted by atomic mass is 16.6. The van der Waals surface area contributed by atoms with Gasteiger partial charge in [0.05, 0.1) is 33.5 Å². The Morgan fingerprint density at radius 3 is 1.62 bits per heavy atom. The number of carbonyl (C=O) groups excluding carboxylic acids is 1. The van der Waals surface area contributed by atoms with Crippen molar-refractivity contribution in [2.75, 3.05) is 46.8 Å². The predicted octanol–water partition coefficient (Wildman–Crippen LogP) is 4.13. The van der Waals surface area contributed by atoms with E-state index in [2.05, 4.69) is 11.7 Å². The maximum absolute atomic E-state index is 10.8. The van der Waals surface area contributed by atoms with Crippen LogP contribution in [-0.4, -0.2) is 52.7 Å². The molecule has 0 N–H and O–H groups in total. The average molecular weight is 347 g/mol. The van der Waals surface area contributed by atoms with Crippen molar-refractivity contribution in [3.63, 3.8) is 0 Å². The summed E-state index contributed by atoms with van der Waals surface area (Å²) >= 11 is 0. The number of esters is 1. The molecule has 0 amide bonds. The minimum absolute atomic E-state index is 0.0188. The summed E-state index contributed by atoms with van der Waals surface area (Å²) in [5.74, 6) is -0.366. The lowest BCUT2D eigenvalue weighted by Gasteiger charge is -2.06. The van der Waals surface area contributed by atoms with Crippen LogP contribution in [0.15, 0.2) is 0 Å². The van der Waals surface area contributed by atoms with Crippen molar-refractivity contribution in [1.29, 1.82) is 0 Å². The third-order valence-corrected chi connectivity index (χ3v) is 3.83. The molecule has 5 nitrogen and oxygen atoms in total. The van der Waals surface area contributed by atoms with E-state index in [4.69, 9.17) is 14.2 Å². The second kappa shape index (κ2) is 20.4. The Balaban J connectivity index is 2.99. The summed E-state index contributed by atoms with van der Waals surface area (Å²) in [7, 11) is 1.34. The van der Waals surface area contributed by atoms with E-state index in [-0.39, 0.29) is 12.6 Å². The van der Waals surface area contributed by atoms with Gasteiger partial charge in [-0.05, 0) is 6.42 Å². The van der Waals surface area contributed by atoms with Gasteiger partial charge in [0.2, 0.25) is 0 Å². The van der Waals surface area contributed by atoms with E-state index >= 15 is 0 Å². The van der Waals surface area contributed by atoms with Crippen LogP contribution in [-0.2, 0) is 23.7 Å². The second-order valence-electron chi connectivity index (χ2n) is 6.04. The van der Waals surface area contributed by atoms with E-state index < -0.39 is 0 Å². The first-order valence-corrected chi connectivity index (χ1v) is 9.61. The Morgan fingerprint density at radius 1 is 0.625 bits per heavy atom. The fourth-order valence-corrected chi connectivity index (χ4v) is 2.35. The zero-order chi connectivity index (χ0) is 17.7. The molecule has 0 aliphatic rings. The maximum atomic E-state index is 10.8. The van der Waals surface area contributed by atoms with Gasteiger partial charge in [-0.2, -0.15) is 0 Å². The number of hydrogen-bond donors (Lipinski definition) is 0. The van der Waals surface area contributed by atoms with Crippen molar-refractivity contribution in [1.82, 2.24) is 0 Å². The third kappa shape index (κ3) is 19.4. The Hall–Kier alpha value is -0.650. The molecule has 0 unspecified atom stereocenters. The van der Waals surface area contributed by atoms with Gasteiger partial charge in [0.1, 0.15) is 6.61 Å². The number of unbranched alkanes of at least 4 members (excludes halogenated alkanes) is 9. The second-order valence-corrected chi connectivity index (χ2v) is 6.04. The van der Waals surface area contributed by atoms with E-state index in [1.807, 2.05) is 0 Å². The van der Waals surface area contributed by atoms with E-state index in [0.717, 1.165) is 13.0 Å². The molecule has 0 spiro atoms. The summed E-state index contributed by atoms with van der Waals surface area (Å²) in [5.41, 5.74) is 0. The predicted molar refractivity (Wildman–Crippen MR) is 96.3 cm³/mol. The lowest BCUT2D eigenvalue weighted by Crippen LogP contribution is -2.14. The third-order valence-electron chi connectivity index (χ3n) is 3.83. The molecule has 0 aliphatic heterocycles. The Kier molecular flexibility index (Phi) is 19.8. The van der Waals surface area contributed by atoms with Gasteiger partial charge >= 0.3 is 5.97 Å². The smallest absolute Gasteiger partial charge is 0.331 e. The zero-order valence-electron chi connectivity index (χ0n) is 15.9. The van der Waals surface area contributed by atoms with Crippen molar-refractivity contribution in [2.24, 2.45) is 0 Å². The van der Waals surface area contributed by atoms with Crippen LogP contribution in [0, 0.1) is 0 Å². The molecule has 24 heavy (non-hydrogen) atoms. The van der Waals surface area contributed by atoms with Gasteiger partial charge in [0.15, 0.2) is 0 Å². The van der Waals surface area contributed by atoms with Crippen LogP contribution in [0.3, 0.4) is 0 Å². The van der Waals surface area contributed by atoms with Crippen LogP contribution >= 0.6 is 0 Å². The zero-order valence-corrected chi connectivity index (χ0v) is 15.9. The van der Waals surface area contributed by atoms with E-state index in [1.54, 1.807) is 0 Å². The van der Waals surface area contributed by atoms with Crippen LogP contribution in [0.4, 0.5) is 0 Å². The first-order chi connectivity index (χ1) is 11.8. The lowest BCUT2D eigenvalue weighted by atomic mass is 10.1. The summed E-state index contributed by atoms with van der Waals surface area (Å²) in [5, 5.41) is 0. The van der Waals surface area contributed by atoms with Crippen molar-refractivity contribution in [3.05, 3.63) is 0 Å². The van der Waals surface area contributed by atoms with Crippen LogP contribution in [0.25, 0.3) is 0 Å². The van der Waals surface area contributed by atoms with Crippen LogP contribution in [0.5, 0.6) is 0 Å². The molecule has 0 heterocycles. The molecule has 0 rings (SSSR count). The van der Waals surface area contributed by atoms with Crippen molar-refractivity contribution < 1.29 is 23.7 Å². The van der Waals surface area contributed by atoms with Gasteiger partial charge in [0, 0.05) is 6.61 Å². The summed E-state index contributed by atoms with van der Waals surface area (Å²) in [6.07, 6.45) is 13.4. The highest BCUT2D eigenvalue weighted by Gasteiger charge is 1.99. The molecule has 0 aromatic heterocycles. The molecular formula is C19H38O5. The standard InChI is InChI=1S/C19H38O5/c1-3-4-5-6-7-8-9-10-11-12-13-22-14-15-23-16-17-24-18-19(20)21-2/h3-18H2,1-2H3. The number of hydrogen-bond acceptors (Lipinski definition) is 5. The average Bonchev–Trinajstić information content (AvgIpc) is 2.60.